The molecule has 0 saturated carbocycles. The number of carbonyl (C=O) groups excluding carboxylic acids is 1. The van der Waals surface area contributed by atoms with Crippen molar-refractivity contribution >= 4 is 5.91 Å². The molecule has 0 fully saturated rings. The van der Waals surface area contributed by atoms with Crippen molar-refractivity contribution in [2.45, 2.75) is 33.2 Å². The van der Waals surface area contributed by atoms with E-state index in [0.29, 0.717) is 25.6 Å². The van der Waals surface area contributed by atoms with Crippen LogP contribution in [-0.4, -0.2) is 19.1 Å². The summed E-state index contributed by atoms with van der Waals surface area (Å²) in [4.78, 5) is 11.8. The molecule has 0 aromatic heterocycles. The molecule has 1 atom stereocenters. The zero-order valence-electron chi connectivity index (χ0n) is 11.7. The molecule has 1 aromatic carbocycles. The van der Waals surface area contributed by atoms with E-state index in [-0.39, 0.29) is 11.9 Å². The van der Waals surface area contributed by atoms with Gasteiger partial charge >= 0.3 is 0 Å². The van der Waals surface area contributed by atoms with E-state index in [1.165, 1.54) is 0 Å². The lowest BCUT2D eigenvalue weighted by Gasteiger charge is -2.21. The van der Waals surface area contributed by atoms with Crippen LogP contribution in [0, 0.1) is 5.92 Å². The summed E-state index contributed by atoms with van der Waals surface area (Å²) in [5.41, 5.74) is 1.03. The molecule has 1 unspecified atom stereocenters. The summed E-state index contributed by atoms with van der Waals surface area (Å²) in [6.45, 7) is 7.21. The lowest BCUT2D eigenvalue weighted by Crippen LogP contribution is -2.27. The minimum atomic E-state index is -0.0259. The van der Waals surface area contributed by atoms with Crippen LogP contribution >= 0.6 is 0 Å². The fourth-order valence-electron chi connectivity index (χ4n) is 2.08. The predicted molar refractivity (Wildman–Crippen MR) is 73.4 cm³/mol. The zero-order valence-corrected chi connectivity index (χ0v) is 11.7. The van der Waals surface area contributed by atoms with Crippen LogP contribution in [-0.2, 0) is 4.79 Å². The van der Waals surface area contributed by atoms with Crippen LogP contribution in [0.4, 0.5) is 0 Å². The summed E-state index contributed by atoms with van der Waals surface area (Å²) in [6, 6.07) is 5.78. The first kappa shape index (κ1) is 13.7. The van der Waals surface area contributed by atoms with E-state index in [4.69, 9.17) is 9.47 Å². The monoisotopic (exact) mass is 263 g/mol. The Hall–Kier alpha value is -1.71. The first-order chi connectivity index (χ1) is 9.06. The van der Waals surface area contributed by atoms with E-state index in [9.17, 15) is 4.79 Å². The number of fused-ring (bicyclic) bond motifs is 1. The van der Waals surface area contributed by atoms with Crippen molar-refractivity contribution in [3.05, 3.63) is 23.8 Å². The molecule has 0 spiro atoms. The maximum atomic E-state index is 11.8. The highest BCUT2D eigenvalue weighted by Gasteiger charge is 2.16. The van der Waals surface area contributed by atoms with Crippen molar-refractivity contribution in [3.63, 3.8) is 0 Å². The standard InChI is InChI=1S/C15H21NO3/c1-10(2)8-15(17)16-11(3)12-4-5-13-14(9-12)19-7-6-18-13/h4-5,9-11H,6-8H2,1-3H3,(H,16,17). The molecule has 4 heteroatoms. The normalized spacial score (nSPS) is 15.2. The van der Waals surface area contributed by atoms with Gasteiger partial charge in [-0.25, -0.2) is 0 Å². The Balaban J connectivity index is 2.03. The topological polar surface area (TPSA) is 47.6 Å². The Bertz CT molecular complexity index is 457. The second-order valence-corrected chi connectivity index (χ2v) is 5.29. The highest BCUT2D eigenvalue weighted by atomic mass is 16.6. The minimum Gasteiger partial charge on any atom is -0.486 e. The Morgan fingerprint density at radius 1 is 1.21 bits per heavy atom. The van der Waals surface area contributed by atoms with Gasteiger partial charge in [-0.05, 0) is 30.5 Å². The molecular formula is C15H21NO3. The van der Waals surface area contributed by atoms with Crippen LogP contribution < -0.4 is 14.8 Å². The lowest BCUT2D eigenvalue weighted by atomic mass is 10.1. The summed E-state index contributed by atoms with van der Waals surface area (Å²) in [5.74, 6) is 1.98. The fraction of sp³-hybridized carbons (Fsp3) is 0.533. The van der Waals surface area contributed by atoms with E-state index in [1.807, 2.05) is 39.0 Å². The number of hydrogen-bond acceptors (Lipinski definition) is 3. The SMILES string of the molecule is CC(C)CC(=O)NC(C)c1ccc2c(c1)OCCO2. The van der Waals surface area contributed by atoms with E-state index < -0.39 is 0 Å². The molecule has 1 heterocycles. The van der Waals surface area contributed by atoms with Crippen LogP contribution in [0.5, 0.6) is 11.5 Å². The van der Waals surface area contributed by atoms with Gasteiger partial charge in [0.05, 0.1) is 6.04 Å². The summed E-state index contributed by atoms with van der Waals surface area (Å²) in [7, 11) is 0. The van der Waals surface area contributed by atoms with Gasteiger partial charge in [-0.2, -0.15) is 0 Å². The Morgan fingerprint density at radius 2 is 1.89 bits per heavy atom. The first-order valence-corrected chi connectivity index (χ1v) is 6.75. The number of carbonyl (C=O) groups is 1. The van der Waals surface area contributed by atoms with Gasteiger partial charge in [-0.1, -0.05) is 19.9 Å². The second-order valence-electron chi connectivity index (χ2n) is 5.29. The molecular weight excluding hydrogens is 242 g/mol. The number of benzene rings is 1. The van der Waals surface area contributed by atoms with Gasteiger partial charge in [-0.3, -0.25) is 4.79 Å². The zero-order chi connectivity index (χ0) is 13.8. The van der Waals surface area contributed by atoms with Gasteiger partial charge in [0.1, 0.15) is 13.2 Å². The quantitative estimate of drug-likeness (QED) is 0.908. The number of amides is 1. The van der Waals surface area contributed by atoms with Crippen LogP contribution in [0.25, 0.3) is 0 Å². The molecule has 0 radical (unpaired) electrons. The smallest absolute Gasteiger partial charge is 0.220 e. The van der Waals surface area contributed by atoms with Crippen molar-refractivity contribution in [1.82, 2.24) is 5.32 Å². The molecule has 1 aliphatic rings. The number of hydrogen-bond donors (Lipinski definition) is 1. The summed E-state index contributed by atoms with van der Waals surface area (Å²) < 4.78 is 11.0. The van der Waals surface area contributed by atoms with E-state index in [0.717, 1.165) is 17.1 Å². The van der Waals surface area contributed by atoms with Crippen molar-refractivity contribution in [3.8, 4) is 11.5 Å². The lowest BCUT2D eigenvalue weighted by molar-refractivity contribution is -0.122. The summed E-state index contributed by atoms with van der Waals surface area (Å²) in [6.07, 6.45) is 0.550. The Kier molecular flexibility index (Phi) is 4.30. The Labute approximate surface area is 114 Å². The van der Waals surface area contributed by atoms with Crippen molar-refractivity contribution < 1.29 is 14.3 Å². The Morgan fingerprint density at radius 3 is 2.58 bits per heavy atom. The third kappa shape index (κ3) is 3.63. The van der Waals surface area contributed by atoms with Crippen molar-refractivity contribution in [1.29, 1.82) is 0 Å². The average molecular weight is 263 g/mol. The van der Waals surface area contributed by atoms with Gasteiger partial charge < -0.3 is 14.8 Å². The first-order valence-electron chi connectivity index (χ1n) is 6.75. The van der Waals surface area contributed by atoms with Crippen molar-refractivity contribution in [2.24, 2.45) is 5.92 Å². The molecule has 2 rings (SSSR count). The number of ether oxygens (including phenoxy) is 2. The molecule has 1 aromatic rings. The third-order valence-electron chi connectivity index (χ3n) is 3.04. The molecule has 1 aliphatic heterocycles. The van der Waals surface area contributed by atoms with Crippen LogP contribution in [0.2, 0.25) is 0 Å². The van der Waals surface area contributed by atoms with Gasteiger partial charge in [0, 0.05) is 6.42 Å². The molecule has 1 N–H and O–H groups in total. The highest BCUT2D eigenvalue weighted by molar-refractivity contribution is 5.76. The minimum absolute atomic E-state index is 0.0259. The van der Waals surface area contributed by atoms with Gasteiger partial charge in [0.25, 0.3) is 0 Å². The molecule has 4 nitrogen and oxygen atoms in total. The van der Waals surface area contributed by atoms with E-state index in [1.54, 1.807) is 0 Å². The second kappa shape index (κ2) is 5.95. The average Bonchev–Trinajstić information content (AvgIpc) is 2.37. The third-order valence-corrected chi connectivity index (χ3v) is 3.04. The molecule has 0 aliphatic carbocycles. The largest absolute Gasteiger partial charge is 0.486 e. The number of rotatable bonds is 4. The molecule has 0 saturated heterocycles. The highest BCUT2D eigenvalue weighted by Crippen LogP contribution is 2.32. The van der Waals surface area contributed by atoms with Crippen LogP contribution in [0.3, 0.4) is 0 Å². The molecule has 0 bridgehead atoms. The molecule has 19 heavy (non-hydrogen) atoms. The maximum absolute atomic E-state index is 11.8. The fourth-order valence-corrected chi connectivity index (χ4v) is 2.08. The number of nitrogens with one attached hydrogen (secondary N) is 1. The van der Waals surface area contributed by atoms with Crippen LogP contribution in [0.15, 0.2) is 18.2 Å². The van der Waals surface area contributed by atoms with E-state index in [2.05, 4.69) is 5.32 Å². The molecule has 1 amide bonds. The van der Waals surface area contributed by atoms with Crippen molar-refractivity contribution in [2.75, 3.05) is 13.2 Å². The molecule has 104 valence electrons. The van der Waals surface area contributed by atoms with Gasteiger partial charge in [-0.15, -0.1) is 0 Å². The summed E-state index contributed by atoms with van der Waals surface area (Å²) in [5, 5.41) is 3.00. The van der Waals surface area contributed by atoms with Gasteiger partial charge in [0.15, 0.2) is 11.5 Å². The predicted octanol–water partition coefficient (Wildman–Crippen LogP) is 2.68. The van der Waals surface area contributed by atoms with E-state index >= 15 is 0 Å². The maximum Gasteiger partial charge on any atom is 0.220 e. The van der Waals surface area contributed by atoms with Gasteiger partial charge in [0.2, 0.25) is 5.91 Å². The summed E-state index contributed by atoms with van der Waals surface area (Å²) >= 11 is 0. The van der Waals surface area contributed by atoms with Crippen LogP contribution in [0.1, 0.15) is 38.8 Å².